The molecule has 0 radical (unpaired) electrons. The molecule has 1 fully saturated rings. The molecule has 3 aromatic rings. The largest absolute Gasteiger partial charge is 0.471 e. The highest BCUT2D eigenvalue weighted by molar-refractivity contribution is 8.00. The van der Waals surface area contributed by atoms with Crippen LogP contribution in [-0.2, 0) is 42.0 Å². The van der Waals surface area contributed by atoms with E-state index in [9.17, 15) is 46.9 Å². The number of thioether (sulfide) groups is 1. The molecule has 48 heavy (non-hydrogen) atoms. The van der Waals surface area contributed by atoms with Crippen molar-refractivity contribution < 1.29 is 51.2 Å². The highest BCUT2D eigenvalue weighted by Gasteiger charge is 2.53. The number of nitro groups is 1. The Labute approximate surface area is 274 Å². The second kappa shape index (κ2) is 14.2. The van der Waals surface area contributed by atoms with Crippen LogP contribution in [0.1, 0.15) is 16.8 Å². The number of benzene rings is 2. The first kappa shape index (κ1) is 34.0. The van der Waals surface area contributed by atoms with Crippen molar-refractivity contribution in [2.24, 2.45) is 5.16 Å². The predicted octanol–water partition coefficient (Wildman–Crippen LogP) is 3.64. The monoisotopic (exact) mass is 708 g/mol. The molecule has 0 saturated carbocycles. The Morgan fingerprint density at radius 3 is 2.42 bits per heavy atom. The van der Waals surface area contributed by atoms with Gasteiger partial charge in [0.2, 0.25) is 0 Å². The van der Waals surface area contributed by atoms with E-state index < -0.39 is 62.9 Å². The maximum atomic E-state index is 13.4. The third kappa shape index (κ3) is 7.77. The highest BCUT2D eigenvalue weighted by atomic mass is 32.2. The number of nitrogens with one attached hydrogen (secondary N) is 2. The van der Waals surface area contributed by atoms with Gasteiger partial charge in [0, 0.05) is 23.3 Å². The molecule has 3 heterocycles. The van der Waals surface area contributed by atoms with Crippen molar-refractivity contribution >= 4 is 63.3 Å². The smallest absolute Gasteiger partial charge is 0.456 e. The third-order valence-corrected chi connectivity index (χ3v) is 8.54. The first-order chi connectivity index (χ1) is 22.8. The number of non-ortho nitro benzene ring substituents is 1. The van der Waals surface area contributed by atoms with Crippen molar-refractivity contribution in [3.05, 3.63) is 98.4 Å². The minimum Gasteiger partial charge on any atom is -0.456 e. The molecule has 2 aromatic carbocycles. The standard InChI is InChI=1S/C28H20F4N6O8S2/c29-16-5-1-15(2-6-16)12-46-36-20(18-13-48-27(33-18)35-26(42)28(30,31)32)22(39)34-21-23(40)37-19(9-10-47-24(21)37)25(41)45-11-14-3-7-17(8-4-14)38(43)44/h1-9,13,21,24H,10-12H2,(H,34,39)(H,33,35,42)/b36-20+. The van der Waals surface area contributed by atoms with Gasteiger partial charge in [-0.2, -0.15) is 13.2 Å². The topological polar surface area (TPSA) is 182 Å². The number of oxime groups is 1. The molecule has 14 nitrogen and oxygen atoms in total. The summed E-state index contributed by atoms with van der Waals surface area (Å²) in [6, 6.07) is 9.27. The summed E-state index contributed by atoms with van der Waals surface area (Å²) in [6.45, 7) is -0.478. The molecule has 5 rings (SSSR count). The number of hydrogen-bond acceptors (Lipinski definition) is 12. The van der Waals surface area contributed by atoms with Crippen LogP contribution in [0, 0.1) is 15.9 Å². The Morgan fingerprint density at radius 1 is 1.08 bits per heavy atom. The van der Waals surface area contributed by atoms with Gasteiger partial charge in [-0.1, -0.05) is 17.3 Å². The van der Waals surface area contributed by atoms with Crippen LogP contribution in [0.4, 0.5) is 28.4 Å². The number of halogens is 4. The van der Waals surface area contributed by atoms with Crippen LogP contribution in [0.15, 0.2) is 70.8 Å². The van der Waals surface area contributed by atoms with Gasteiger partial charge in [0.25, 0.3) is 17.5 Å². The van der Waals surface area contributed by atoms with Crippen molar-refractivity contribution in [2.75, 3.05) is 11.1 Å². The van der Waals surface area contributed by atoms with E-state index >= 15 is 0 Å². The van der Waals surface area contributed by atoms with Gasteiger partial charge in [0.15, 0.2) is 10.8 Å². The Hall–Kier alpha value is -5.37. The molecule has 0 spiro atoms. The van der Waals surface area contributed by atoms with Crippen molar-refractivity contribution in [3.63, 3.8) is 0 Å². The Morgan fingerprint density at radius 2 is 1.75 bits per heavy atom. The van der Waals surface area contributed by atoms with Gasteiger partial charge in [-0.25, -0.2) is 14.2 Å². The number of aromatic nitrogens is 1. The summed E-state index contributed by atoms with van der Waals surface area (Å²) in [5.41, 5.74) is -0.129. The molecule has 2 atom stereocenters. The van der Waals surface area contributed by atoms with E-state index in [-0.39, 0.29) is 36.0 Å². The fourth-order valence-corrected chi connectivity index (χ4v) is 6.13. The van der Waals surface area contributed by atoms with E-state index in [4.69, 9.17) is 9.57 Å². The quantitative estimate of drug-likeness (QED) is 0.0745. The number of esters is 1. The molecular formula is C28H20F4N6O8S2. The minimum absolute atomic E-state index is 0.0720. The van der Waals surface area contributed by atoms with E-state index in [1.165, 1.54) is 54.2 Å². The second-order valence-electron chi connectivity index (χ2n) is 9.80. The maximum absolute atomic E-state index is 13.4. The summed E-state index contributed by atoms with van der Waals surface area (Å²) >= 11 is 1.78. The molecule has 250 valence electrons. The van der Waals surface area contributed by atoms with Gasteiger partial charge in [-0.3, -0.25) is 34.7 Å². The molecule has 2 aliphatic rings. The molecule has 0 aliphatic carbocycles. The Bertz CT molecular complexity index is 1820. The van der Waals surface area contributed by atoms with Crippen LogP contribution in [-0.4, -0.2) is 67.6 Å². The molecule has 2 unspecified atom stereocenters. The zero-order valence-corrected chi connectivity index (χ0v) is 25.6. The Balaban J connectivity index is 1.26. The number of alkyl halides is 3. The average Bonchev–Trinajstić information content (AvgIpc) is 3.52. The number of rotatable bonds is 11. The number of anilines is 1. The summed E-state index contributed by atoms with van der Waals surface area (Å²) in [6.07, 6.45) is -3.73. The average molecular weight is 709 g/mol. The van der Waals surface area contributed by atoms with E-state index in [1.807, 2.05) is 0 Å². The summed E-state index contributed by atoms with van der Waals surface area (Å²) in [7, 11) is 0. The molecule has 3 amide bonds. The lowest BCUT2D eigenvalue weighted by atomic mass is 10.0. The molecule has 2 N–H and O–H groups in total. The minimum atomic E-state index is -5.20. The fourth-order valence-electron chi connectivity index (χ4n) is 4.24. The highest BCUT2D eigenvalue weighted by Crippen LogP contribution is 2.38. The van der Waals surface area contributed by atoms with Crippen LogP contribution in [0.2, 0.25) is 0 Å². The number of hydrogen-bond donors (Lipinski definition) is 2. The maximum Gasteiger partial charge on any atom is 0.471 e. The fraction of sp³-hybridized carbons (Fsp3) is 0.214. The summed E-state index contributed by atoms with van der Waals surface area (Å²) in [5.74, 6) is -5.06. The molecule has 1 aromatic heterocycles. The molecular weight excluding hydrogens is 688 g/mol. The summed E-state index contributed by atoms with van der Waals surface area (Å²) in [4.78, 5) is 71.2. The van der Waals surface area contributed by atoms with Crippen molar-refractivity contribution in [1.29, 1.82) is 0 Å². The lowest BCUT2D eigenvalue weighted by Crippen LogP contribution is -2.70. The number of ether oxygens (including phenoxy) is 1. The molecule has 1 saturated heterocycles. The number of carbonyl (C=O) groups is 4. The summed E-state index contributed by atoms with van der Waals surface area (Å²) < 4.78 is 56.7. The number of β-lactam (4-membered cyclic amide) rings is 1. The van der Waals surface area contributed by atoms with Gasteiger partial charge in [0.1, 0.15) is 41.8 Å². The molecule has 0 bridgehead atoms. The van der Waals surface area contributed by atoms with Crippen LogP contribution >= 0.6 is 23.1 Å². The number of thiazole rings is 1. The van der Waals surface area contributed by atoms with E-state index in [0.717, 1.165) is 22.4 Å². The van der Waals surface area contributed by atoms with Gasteiger partial charge < -0.3 is 14.9 Å². The third-order valence-electron chi connectivity index (χ3n) is 6.60. The number of nitrogens with zero attached hydrogens (tertiary/aromatic N) is 4. The molecule has 20 heteroatoms. The van der Waals surface area contributed by atoms with Crippen molar-refractivity contribution in [1.82, 2.24) is 15.2 Å². The lowest BCUT2D eigenvalue weighted by molar-refractivity contribution is -0.384. The van der Waals surface area contributed by atoms with Crippen LogP contribution < -0.4 is 10.6 Å². The number of amides is 3. The summed E-state index contributed by atoms with van der Waals surface area (Å²) in [5, 5.41) is 18.6. The van der Waals surface area contributed by atoms with Crippen molar-refractivity contribution in [2.45, 2.75) is 30.8 Å². The zero-order chi connectivity index (χ0) is 34.6. The predicted molar refractivity (Wildman–Crippen MR) is 161 cm³/mol. The van der Waals surface area contributed by atoms with Crippen LogP contribution in [0.25, 0.3) is 0 Å². The van der Waals surface area contributed by atoms with Gasteiger partial charge in [0.05, 0.1) is 4.92 Å². The first-order valence-electron chi connectivity index (χ1n) is 13.5. The van der Waals surface area contributed by atoms with Gasteiger partial charge in [-0.15, -0.1) is 23.1 Å². The van der Waals surface area contributed by atoms with E-state index in [2.05, 4.69) is 15.5 Å². The van der Waals surface area contributed by atoms with Crippen molar-refractivity contribution in [3.8, 4) is 0 Å². The van der Waals surface area contributed by atoms with Gasteiger partial charge in [-0.05, 0) is 41.5 Å². The number of nitro benzene ring substituents is 1. The van der Waals surface area contributed by atoms with E-state index in [1.54, 1.807) is 5.32 Å². The number of carbonyl (C=O) groups excluding carboxylic acids is 4. The molecule has 2 aliphatic heterocycles. The number of fused-ring (bicyclic) bond motifs is 1. The first-order valence-corrected chi connectivity index (χ1v) is 15.4. The zero-order valence-electron chi connectivity index (χ0n) is 23.9. The van der Waals surface area contributed by atoms with Gasteiger partial charge >= 0.3 is 18.1 Å². The lowest BCUT2D eigenvalue weighted by Gasteiger charge is -2.48. The second-order valence-corrected chi connectivity index (χ2v) is 11.8. The van der Waals surface area contributed by atoms with Crippen LogP contribution in [0.3, 0.4) is 0 Å². The normalized spacial score (nSPS) is 17.4. The van der Waals surface area contributed by atoms with E-state index in [0.29, 0.717) is 22.5 Å². The Kier molecular flexibility index (Phi) is 10.0. The SMILES string of the molecule is O=C(OCc1ccc([N+](=O)[O-])cc1)C1=CCSC2C(NC(=O)/C(=N/OCc3ccc(F)cc3)c3csc(NC(=O)C(F)(F)F)n3)C(=O)N12. The van der Waals surface area contributed by atoms with Crippen LogP contribution in [0.5, 0.6) is 0 Å².